The smallest absolute Gasteiger partial charge is 0.303 e. The van der Waals surface area contributed by atoms with Crippen LogP contribution >= 0.6 is 11.6 Å². The summed E-state index contributed by atoms with van der Waals surface area (Å²) in [5.74, 6) is -2.11. The van der Waals surface area contributed by atoms with E-state index in [1.54, 1.807) is 0 Å². The first kappa shape index (κ1) is 15.2. The van der Waals surface area contributed by atoms with Gasteiger partial charge in [-0.3, -0.25) is 4.79 Å². The summed E-state index contributed by atoms with van der Waals surface area (Å²) in [6.45, 7) is 0.291. The quantitative estimate of drug-likeness (QED) is 0.920. The van der Waals surface area contributed by atoms with Crippen LogP contribution in [0.25, 0.3) is 0 Å². The molecule has 1 aliphatic rings. The third-order valence-electron chi connectivity index (χ3n) is 3.22. The molecule has 1 fully saturated rings. The lowest BCUT2D eigenvalue weighted by Crippen LogP contribution is -2.29. The van der Waals surface area contributed by atoms with Gasteiger partial charge in [-0.15, -0.1) is 0 Å². The molecule has 8 heteroatoms. The molecule has 1 aromatic carbocycles. The molecule has 1 aromatic rings. The molecule has 1 atom stereocenters. The molecule has 0 saturated carbocycles. The zero-order valence-corrected chi connectivity index (χ0v) is 12.0. The summed E-state index contributed by atoms with van der Waals surface area (Å²) in [4.78, 5) is 10.2. The highest BCUT2D eigenvalue weighted by Gasteiger charge is 2.34. The predicted molar refractivity (Wildman–Crippen MR) is 70.5 cm³/mol. The molecule has 0 spiro atoms. The van der Waals surface area contributed by atoms with Crippen molar-refractivity contribution < 1.29 is 22.7 Å². The van der Waals surface area contributed by atoms with Gasteiger partial charge in [0.05, 0.1) is 0 Å². The Kier molecular flexibility index (Phi) is 4.31. The number of hydrogen-bond donors (Lipinski definition) is 1. The van der Waals surface area contributed by atoms with Crippen LogP contribution < -0.4 is 0 Å². The number of hydrogen-bond acceptors (Lipinski definition) is 3. The monoisotopic (exact) mass is 321 g/mol. The topological polar surface area (TPSA) is 74.7 Å². The Bertz CT molecular complexity index is 634. The van der Waals surface area contributed by atoms with Crippen molar-refractivity contribution >= 4 is 27.6 Å². The summed E-state index contributed by atoms with van der Waals surface area (Å²) >= 11 is 5.59. The lowest BCUT2D eigenvalue weighted by molar-refractivity contribution is -0.137. The first-order valence-electron chi connectivity index (χ1n) is 5.97. The standard InChI is InChI=1S/C12H13ClFNO4S/c13-9-1-2-11(10(14)6-9)20(18,19)15-4-3-8(7-15)5-12(16)17/h1-2,6,8H,3-5,7H2,(H,16,17). The summed E-state index contributed by atoms with van der Waals surface area (Å²) in [5.41, 5.74) is 0. The van der Waals surface area contributed by atoms with E-state index in [-0.39, 0.29) is 30.5 Å². The van der Waals surface area contributed by atoms with Gasteiger partial charge in [0.15, 0.2) is 0 Å². The van der Waals surface area contributed by atoms with Gasteiger partial charge in [0.1, 0.15) is 10.7 Å². The van der Waals surface area contributed by atoms with E-state index in [2.05, 4.69) is 0 Å². The Morgan fingerprint density at radius 1 is 1.50 bits per heavy atom. The van der Waals surface area contributed by atoms with E-state index < -0.39 is 26.7 Å². The van der Waals surface area contributed by atoms with Gasteiger partial charge in [-0.2, -0.15) is 4.31 Å². The Morgan fingerprint density at radius 3 is 2.80 bits per heavy atom. The Hall–Kier alpha value is -1.18. The number of halogens is 2. The van der Waals surface area contributed by atoms with Crippen molar-refractivity contribution in [3.8, 4) is 0 Å². The summed E-state index contributed by atoms with van der Waals surface area (Å²) in [6, 6.07) is 3.37. The van der Waals surface area contributed by atoms with Gasteiger partial charge in [-0.1, -0.05) is 11.6 Å². The highest BCUT2D eigenvalue weighted by Crippen LogP contribution is 2.28. The molecule has 1 unspecified atom stereocenters. The molecule has 2 rings (SSSR count). The summed E-state index contributed by atoms with van der Waals surface area (Å²) in [5, 5.41) is 8.83. The average molecular weight is 322 g/mol. The summed E-state index contributed by atoms with van der Waals surface area (Å²) < 4.78 is 39.4. The molecule has 0 aliphatic carbocycles. The third kappa shape index (κ3) is 3.11. The predicted octanol–water partition coefficient (Wildman–Crippen LogP) is 1.96. The van der Waals surface area contributed by atoms with Gasteiger partial charge in [0.2, 0.25) is 10.0 Å². The second-order valence-electron chi connectivity index (χ2n) is 4.69. The largest absolute Gasteiger partial charge is 0.481 e. The minimum absolute atomic E-state index is 0.0882. The summed E-state index contributed by atoms with van der Waals surface area (Å²) in [6.07, 6.45) is 0.371. The first-order chi connectivity index (χ1) is 9.30. The van der Waals surface area contributed by atoms with Crippen molar-refractivity contribution in [1.29, 1.82) is 0 Å². The summed E-state index contributed by atoms with van der Waals surface area (Å²) in [7, 11) is -3.95. The minimum Gasteiger partial charge on any atom is -0.481 e. The van der Waals surface area contributed by atoms with Crippen LogP contribution in [0, 0.1) is 11.7 Å². The molecule has 1 N–H and O–H groups in total. The van der Waals surface area contributed by atoms with E-state index in [0.717, 1.165) is 16.4 Å². The van der Waals surface area contributed by atoms with E-state index in [9.17, 15) is 17.6 Å². The van der Waals surface area contributed by atoms with Crippen molar-refractivity contribution in [2.45, 2.75) is 17.7 Å². The number of carboxylic acids is 1. The number of aliphatic carboxylic acids is 1. The second-order valence-corrected chi connectivity index (χ2v) is 7.03. The first-order valence-corrected chi connectivity index (χ1v) is 7.79. The number of nitrogens with zero attached hydrogens (tertiary/aromatic N) is 1. The van der Waals surface area contributed by atoms with Crippen molar-refractivity contribution in [1.82, 2.24) is 4.31 Å². The van der Waals surface area contributed by atoms with Crippen LogP contribution in [0.3, 0.4) is 0 Å². The maximum absolute atomic E-state index is 13.7. The molecule has 0 radical (unpaired) electrons. The van der Waals surface area contributed by atoms with Gasteiger partial charge in [-0.25, -0.2) is 12.8 Å². The van der Waals surface area contributed by atoms with Gasteiger partial charge in [0.25, 0.3) is 0 Å². The van der Waals surface area contributed by atoms with Gasteiger partial charge >= 0.3 is 5.97 Å². The van der Waals surface area contributed by atoms with E-state index in [1.807, 2.05) is 0 Å². The van der Waals surface area contributed by atoms with Gasteiger partial charge < -0.3 is 5.11 Å². The van der Waals surface area contributed by atoms with E-state index in [1.165, 1.54) is 6.07 Å². The number of carboxylic acid groups (broad SMARTS) is 1. The van der Waals surface area contributed by atoms with E-state index >= 15 is 0 Å². The van der Waals surface area contributed by atoms with Crippen LogP contribution in [-0.4, -0.2) is 36.9 Å². The third-order valence-corrected chi connectivity index (χ3v) is 5.36. The van der Waals surface area contributed by atoms with Crippen molar-refractivity contribution in [3.63, 3.8) is 0 Å². The van der Waals surface area contributed by atoms with Crippen LogP contribution in [0.15, 0.2) is 23.1 Å². The Balaban J connectivity index is 2.21. The number of rotatable bonds is 4. The maximum Gasteiger partial charge on any atom is 0.303 e. The molecule has 1 saturated heterocycles. The molecular formula is C12H13ClFNO4S. The molecule has 0 amide bonds. The van der Waals surface area contributed by atoms with Crippen molar-refractivity contribution in [3.05, 3.63) is 29.0 Å². The van der Waals surface area contributed by atoms with Crippen molar-refractivity contribution in [2.24, 2.45) is 5.92 Å². The molecule has 0 aromatic heterocycles. The lowest BCUT2D eigenvalue weighted by Gasteiger charge is -2.16. The number of benzene rings is 1. The fourth-order valence-corrected chi connectivity index (χ4v) is 3.99. The lowest BCUT2D eigenvalue weighted by atomic mass is 10.1. The fraction of sp³-hybridized carbons (Fsp3) is 0.417. The SMILES string of the molecule is O=C(O)CC1CCN(S(=O)(=O)c2ccc(Cl)cc2F)C1. The molecule has 110 valence electrons. The number of sulfonamides is 1. The molecule has 1 aliphatic heterocycles. The van der Waals surface area contributed by atoms with Crippen LogP contribution in [0.5, 0.6) is 0 Å². The number of carbonyl (C=O) groups is 1. The Labute approximate surface area is 121 Å². The van der Waals surface area contributed by atoms with Gasteiger partial charge in [0, 0.05) is 24.5 Å². The van der Waals surface area contributed by atoms with Gasteiger partial charge in [-0.05, 0) is 30.5 Å². The zero-order valence-electron chi connectivity index (χ0n) is 10.4. The molecular weight excluding hydrogens is 309 g/mol. The van der Waals surface area contributed by atoms with Crippen molar-refractivity contribution in [2.75, 3.05) is 13.1 Å². The molecule has 1 heterocycles. The Morgan fingerprint density at radius 2 is 2.20 bits per heavy atom. The highest BCUT2D eigenvalue weighted by atomic mass is 35.5. The van der Waals surface area contributed by atoms with Crippen LogP contribution in [0.1, 0.15) is 12.8 Å². The molecule has 20 heavy (non-hydrogen) atoms. The van der Waals surface area contributed by atoms with E-state index in [4.69, 9.17) is 16.7 Å². The van der Waals surface area contributed by atoms with E-state index in [0.29, 0.717) is 6.42 Å². The maximum atomic E-state index is 13.7. The van der Waals surface area contributed by atoms with Crippen LogP contribution in [0.2, 0.25) is 5.02 Å². The van der Waals surface area contributed by atoms with Crippen LogP contribution in [-0.2, 0) is 14.8 Å². The minimum atomic E-state index is -3.95. The average Bonchev–Trinajstić information content (AvgIpc) is 2.76. The molecule has 0 bridgehead atoms. The van der Waals surface area contributed by atoms with Crippen LogP contribution in [0.4, 0.5) is 4.39 Å². The zero-order chi connectivity index (χ0) is 14.9. The second kappa shape index (κ2) is 5.67. The molecule has 5 nitrogen and oxygen atoms in total. The highest BCUT2D eigenvalue weighted by molar-refractivity contribution is 7.89. The normalized spacial score (nSPS) is 20.2. The fourth-order valence-electron chi connectivity index (χ4n) is 2.25.